The number of aromatic nitrogens is 2. The van der Waals surface area contributed by atoms with Crippen LogP contribution in [0.15, 0.2) is 59.1 Å². The maximum Gasteiger partial charge on any atom is 0.248 e. The highest BCUT2D eigenvalue weighted by atomic mass is 19.1. The van der Waals surface area contributed by atoms with Gasteiger partial charge in [0.25, 0.3) is 0 Å². The van der Waals surface area contributed by atoms with Crippen molar-refractivity contribution in [2.24, 2.45) is 5.73 Å². The molecule has 0 aliphatic rings. The Labute approximate surface area is 115 Å². The van der Waals surface area contributed by atoms with Gasteiger partial charge in [0.1, 0.15) is 11.9 Å². The van der Waals surface area contributed by atoms with E-state index in [0.29, 0.717) is 5.56 Å². The van der Waals surface area contributed by atoms with Crippen molar-refractivity contribution in [3.8, 4) is 11.4 Å². The zero-order valence-electron chi connectivity index (χ0n) is 10.5. The molecule has 1 heterocycles. The Morgan fingerprint density at radius 3 is 2.45 bits per heavy atom. The third-order valence-corrected chi connectivity index (χ3v) is 2.98. The van der Waals surface area contributed by atoms with Gasteiger partial charge in [-0.2, -0.15) is 4.98 Å². The lowest BCUT2D eigenvalue weighted by atomic mass is 10.1. The lowest BCUT2D eigenvalue weighted by molar-refractivity contribution is 0.367. The number of hydrogen-bond donors (Lipinski definition) is 1. The second kappa shape index (κ2) is 5.22. The fraction of sp³-hybridized carbons (Fsp3) is 0.0667. The van der Waals surface area contributed by atoms with Crippen LogP contribution in [0.1, 0.15) is 17.5 Å². The maximum absolute atomic E-state index is 13.7. The first kappa shape index (κ1) is 12.5. The Balaban J connectivity index is 1.93. The summed E-state index contributed by atoms with van der Waals surface area (Å²) in [5, 5.41) is 3.79. The molecular formula is C15H12FN3O. The van der Waals surface area contributed by atoms with E-state index in [1.54, 1.807) is 18.2 Å². The summed E-state index contributed by atoms with van der Waals surface area (Å²) >= 11 is 0. The van der Waals surface area contributed by atoms with E-state index in [9.17, 15) is 4.39 Å². The van der Waals surface area contributed by atoms with Gasteiger partial charge < -0.3 is 10.3 Å². The number of rotatable bonds is 3. The summed E-state index contributed by atoms with van der Waals surface area (Å²) in [6.45, 7) is 0. The first-order chi connectivity index (χ1) is 9.75. The molecule has 0 saturated heterocycles. The minimum atomic E-state index is -0.524. The van der Waals surface area contributed by atoms with Crippen LogP contribution in [0.5, 0.6) is 0 Å². The van der Waals surface area contributed by atoms with E-state index in [2.05, 4.69) is 10.1 Å². The minimum absolute atomic E-state index is 0.199. The number of nitrogens with two attached hydrogens (primary N) is 1. The molecule has 5 heteroatoms. The first-order valence-corrected chi connectivity index (χ1v) is 6.15. The largest absolute Gasteiger partial charge is 0.337 e. The molecule has 0 fully saturated rings. The van der Waals surface area contributed by atoms with E-state index in [0.717, 1.165) is 5.56 Å². The minimum Gasteiger partial charge on any atom is -0.337 e. The van der Waals surface area contributed by atoms with Crippen LogP contribution in [0.2, 0.25) is 0 Å². The van der Waals surface area contributed by atoms with E-state index in [1.165, 1.54) is 6.07 Å². The summed E-state index contributed by atoms with van der Waals surface area (Å²) < 4.78 is 18.8. The Hall–Kier alpha value is -2.53. The molecule has 3 aromatic rings. The quantitative estimate of drug-likeness (QED) is 0.794. The molecule has 4 nitrogen and oxygen atoms in total. The van der Waals surface area contributed by atoms with E-state index in [4.69, 9.17) is 10.3 Å². The summed E-state index contributed by atoms with van der Waals surface area (Å²) in [7, 11) is 0. The van der Waals surface area contributed by atoms with Gasteiger partial charge in [0.2, 0.25) is 11.7 Å². The molecule has 0 radical (unpaired) electrons. The van der Waals surface area contributed by atoms with Crippen LogP contribution in [0.3, 0.4) is 0 Å². The monoisotopic (exact) mass is 269 g/mol. The van der Waals surface area contributed by atoms with Crippen LogP contribution in [-0.4, -0.2) is 10.1 Å². The molecule has 100 valence electrons. The summed E-state index contributed by atoms with van der Waals surface area (Å²) in [5.74, 6) is 0.0621. The molecule has 0 spiro atoms. The van der Waals surface area contributed by atoms with E-state index in [1.807, 2.05) is 30.3 Å². The molecule has 3 rings (SSSR count). The van der Waals surface area contributed by atoms with Gasteiger partial charge in [-0.3, -0.25) is 0 Å². The molecule has 1 aromatic heterocycles. The summed E-state index contributed by atoms with van der Waals surface area (Å²) in [6.07, 6.45) is 0. The lowest BCUT2D eigenvalue weighted by Crippen LogP contribution is -2.12. The van der Waals surface area contributed by atoms with Gasteiger partial charge in [0.15, 0.2) is 0 Å². The topological polar surface area (TPSA) is 64.9 Å². The van der Waals surface area contributed by atoms with Gasteiger partial charge >= 0.3 is 0 Å². The number of halogens is 1. The van der Waals surface area contributed by atoms with Crippen LogP contribution >= 0.6 is 0 Å². The summed E-state index contributed by atoms with van der Waals surface area (Å²) in [4.78, 5) is 4.17. The average molecular weight is 269 g/mol. The van der Waals surface area contributed by atoms with Crippen molar-refractivity contribution in [2.75, 3.05) is 0 Å². The molecule has 0 amide bonds. The van der Waals surface area contributed by atoms with E-state index >= 15 is 0 Å². The summed E-state index contributed by atoms with van der Waals surface area (Å²) in [6, 6.07) is 15.1. The van der Waals surface area contributed by atoms with Crippen LogP contribution in [0, 0.1) is 5.82 Å². The highest BCUT2D eigenvalue weighted by molar-refractivity contribution is 5.54. The normalized spacial score (nSPS) is 12.3. The molecule has 0 bridgehead atoms. The second-order valence-electron chi connectivity index (χ2n) is 4.32. The molecular weight excluding hydrogens is 257 g/mol. The zero-order valence-corrected chi connectivity index (χ0v) is 10.5. The van der Waals surface area contributed by atoms with Crippen molar-refractivity contribution in [3.05, 3.63) is 71.9 Å². The van der Waals surface area contributed by atoms with Crippen LogP contribution in [0.25, 0.3) is 11.4 Å². The van der Waals surface area contributed by atoms with E-state index in [-0.39, 0.29) is 11.7 Å². The Kier molecular flexibility index (Phi) is 3.26. The van der Waals surface area contributed by atoms with Crippen LogP contribution in [0.4, 0.5) is 4.39 Å². The van der Waals surface area contributed by atoms with Crippen molar-refractivity contribution >= 4 is 0 Å². The molecule has 0 aliphatic carbocycles. The number of hydrogen-bond acceptors (Lipinski definition) is 4. The Bertz CT molecular complexity index is 712. The highest BCUT2D eigenvalue weighted by Gasteiger charge is 2.18. The number of nitrogens with zero attached hydrogens (tertiary/aromatic N) is 2. The smallest absolute Gasteiger partial charge is 0.248 e. The predicted octanol–water partition coefficient (Wildman–Crippen LogP) is 2.92. The third kappa shape index (κ3) is 2.31. The molecule has 1 atom stereocenters. The molecule has 0 aliphatic heterocycles. The van der Waals surface area contributed by atoms with E-state index < -0.39 is 11.9 Å². The predicted molar refractivity (Wildman–Crippen MR) is 72.2 cm³/mol. The standard InChI is InChI=1S/C15H12FN3O/c16-12-9-5-4-8-11(12)14-18-15(20-19-14)13(17)10-6-2-1-3-7-10/h1-9,13H,17H2/t13-/m0/s1. The van der Waals surface area contributed by atoms with Gasteiger partial charge in [-0.25, -0.2) is 4.39 Å². The Morgan fingerprint density at radius 1 is 1.00 bits per heavy atom. The first-order valence-electron chi connectivity index (χ1n) is 6.15. The van der Waals surface area contributed by atoms with Crippen molar-refractivity contribution in [2.45, 2.75) is 6.04 Å². The van der Waals surface area contributed by atoms with Crippen molar-refractivity contribution < 1.29 is 8.91 Å². The van der Waals surface area contributed by atoms with Crippen LogP contribution in [-0.2, 0) is 0 Å². The fourth-order valence-electron chi connectivity index (χ4n) is 1.92. The molecule has 20 heavy (non-hydrogen) atoms. The SMILES string of the molecule is N[C@@H](c1ccccc1)c1nc(-c2ccccc2F)no1. The second-order valence-corrected chi connectivity index (χ2v) is 4.32. The highest BCUT2D eigenvalue weighted by Crippen LogP contribution is 2.23. The Morgan fingerprint density at radius 2 is 1.70 bits per heavy atom. The third-order valence-electron chi connectivity index (χ3n) is 2.98. The average Bonchev–Trinajstić information content (AvgIpc) is 2.97. The maximum atomic E-state index is 13.7. The van der Waals surface area contributed by atoms with Crippen LogP contribution < -0.4 is 5.73 Å². The fourth-order valence-corrected chi connectivity index (χ4v) is 1.92. The molecule has 2 aromatic carbocycles. The van der Waals surface area contributed by atoms with Crippen molar-refractivity contribution in [3.63, 3.8) is 0 Å². The van der Waals surface area contributed by atoms with Gasteiger partial charge in [0.05, 0.1) is 5.56 Å². The zero-order chi connectivity index (χ0) is 13.9. The number of benzene rings is 2. The van der Waals surface area contributed by atoms with Gasteiger partial charge in [0, 0.05) is 0 Å². The van der Waals surface area contributed by atoms with Gasteiger partial charge in [-0.1, -0.05) is 47.6 Å². The lowest BCUT2D eigenvalue weighted by Gasteiger charge is -2.05. The van der Waals surface area contributed by atoms with Gasteiger partial charge in [-0.05, 0) is 17.7 Å². The molecule has 0 saturated carbocycles. The van der Waals surface area contributed by atoms with Crippen molar-refractivity contribution in [1.82, 2.24) is 10.1 Å². The van der Waals surface area contributed by atoms with Crippen molar-refractivity contribution in [1.29, 1.82) is 0 Å². The molecule has 0 unspecified atom stereocenters. The van der Waals surface area contributed by atoms with Gasteiger partial charge in [-0.15, -0.1) is 0 Å². The summed E-state index contributed by atoms with van der Waals surface area (Å²) in [5.41, 5.74) is 7.21. The molecule has 2 N–H and O–H groups in total.